The van der Waals surface area contributed by atoms with Gasteiger partial charge in [-0.2, -0.15) is 0 Å². The lowest BCUT2D eigenvalue weighted by Crippen LogP contribution is -2.37. The molecule has 1 aliphatic rings. The standard InChI is InChI=1S/C12H21N3O/c1-10-6-12(14-16-10)8-13-7-11-4-3-5-15(2)9-11/h6,11,13H,3-5,7-9H2,1-2H3. The summed E-state index contributed by atoms with van der Waals surface area (Å²) in [6.07, 6.45) is 2.67. The smallest absolute Gasteiger partial charge is 0.133 e. The van der Waals surface area contributed by atoms with Crippen LogP contribution in [0.15, 0.2) is 10.6 Å². The molecule has 0 bridgehead atoms. The van der Waals surface area contributed by atoms with Crippen molar-refractivity contribution in [1.82, 2.24) is 15.4 Å². The molecule has 16 heavy (non-hydrogen) atoms. The van der Waals surface area contributed by atoms with Crippen LogP contribution < -0.4 is 5.32 Å². The molecule has 1 unspecified atom stereocenters. The minimum atomic E-state index is 0.784. The van der Waals surface area contributed by atoms with Crippen molar-refractivity contribution in [3.8, 4) is 0 Å². The summed E-state index contributed by atoms with van der Waals surface area (Å²) >= 11 is 0. The molecule has 1 aliphatic heterocycles. The molecule has 1 saturated heterocycles. The Balaban J connectivity index is 1.67. The van der Waals surface area contributed by atoms with E-state index in [9.17, 15) is 0 Å². The summed E-state index contributed by atoms with van der Waals surface area (Å²) in [5, 5.41) is 7.42. The third-order valence-electron chi connectivity index (χ3n) is 3.14. The second kappa shape index (κ2) is 5.46. The number of likely N-dealkylation sites (tertiary alicyclic amines) is 1. The lowest BCUT2D eigenvalue weighted by Gasteiger charge is -2.29. The highest BCUT2D eigenvalue weighted by molar-refractivity contribution is 5.02. The minimum absolute atomic E-state index is 0.784. The number of aryl methyl sites for hydroxylation is 1. The third kappa shape index (κ3) is 3.32. The van der Waals surface area contributed by atoms with Crippen molar-refractivity contribution >= 4 is 0 Å². The van der Waals surface area contributed by atoms with Crippen molar-refractivity contribution in [2.24, 2.45) is 5.92 Å². The lowest BCUT2D eigenvalue weighted by molar-refractivity contribution is 0.206. The fourth-order valence-electron chi connectivity index (χ4n) is 2.35. The quantitative estimate of drug-likeness (QED) is 0.838. The van der Waals surface area contributed by atoms with Gasteiger partial charge in [0.1, 0.15) is 5.76 Å². The van der Waals surface area contributed by atoms with E-state index in [2.05, 4.69) is 22.4 Å². The number of hydrogen-bond acceptors (Lipinski definition) is 4. The minimum Gasteiger partial charge on any atom is -0.361 e. The van der Waals surface area contributed by atoms with E-state index < -0.39 is 0 Å². The molecule has 4 nitrogen and oxygen atoms in total. The Bertz CT molecular complexity index is 324. The number of piperidine rings is 1. The Morgan fingerprint density at radius 2 is 2.50 bits per heavy atom. The van der Waals surface area contributed by atoms with E-state index in [0.717, 1.165) is 30.5 Å². The van der Waals surface area contributed by atoms with Gasteiger partial charge in [0, 0.05) is 19.2 Å². The Hall–Kier alpha value is -0.870. The highest BCUT2D eigenvalue weighted by Crippen LogP contribution is 2.14. The topological polar surface area (TPSA) is 41.3 Å². The van der Waals surface area contributed by atoms with Crippen molar-refractivity contribution in [3.05, 3.63) is 17.5 Å². The molecule has 1 aromatic rings. The van der Waals surface area contributed by atoms with Gasteiger partial charge >= 0.3 is 0 Å². The van der Waals surface area contributed by atoms with Crippen LogP contribution in [0.2, 0.25) is 0 Å². The van der Waals surface area contributed by atoms with Gasteiger partial charge < -0.3 is 14.7 Å². The summed E-state index contributed by atoms with van der Waals surface area (Å²) in [5.41, 5.74) is 1.00. The molecule has 0 aromatic carbocycles. The fourth-order valence-corrected chi connectivity index (χ4v) is 2.35. The van der Waals surface area contributed by atoms with Crippen LogP contribution in [0.3, 0.4) is 0 Å². The molecule has 1 N–H and O–H groups in total. The van der Waals surface area contributed by atoms with Crippen molar-refractivity contribution in [2.45, 2.75) is 26.3 Å². The number of nitrogens with one attached hydrogen (secondary N) is 1. The van der Waals surface area contributed by atoms with Crippen LogP contribution in [0.4, 0.5) is 0 Å². The van der Waals surface area contributed by atoms with Gasteiger partial charge in [0.15, 0.2) is 0 Å². The molecule has 1 fully saturated rings. The highest BCUT2D eigenvalue weighted by atomic mass is 16.5. The summed E-state index contributed by atoms with van der Waals surface area (Å²) in [4.78, 5) is 2.41. The molecular weight excluding hydrogens is 202 g/mol. The summed E-state index contributed by atoms with van der Waals surface area (Å²) < 4.78 is 5.03. The first kappa shape index (κ1) is 11.6. The molecule has 4 heteroatoms. The van der Waals surface area contributed by atoms with Crippen molar-refractivity contribution < 1.29 is 4.52 Å². The zero-order valence-corrected chi connectivity index (χ0v) is 10.2. The second-order valence-electron chi connectivity index (χ2n) is 4.83. The van der Waals surface area contributed by atoms with Gasteiger partial charge in [-0.05, 0) is 45.8 Å². The Kier molecular flexibility index (Phi) is 3.96. The van der Waals surface area contributed by atoms with Crippen LogP contribution >= 0.6 is 0 Å². The van der Waals surface area contributed by atoms with E-state index >= 15 is 0 Å². The van der Waals surface area contributed by atoms with E-state index in [1.54, 1.807) is 0 Å². The molecule has 2 rings (SSSR count). The number of rotatable bonds is 4. The van der Waals surface area contributed by atoms with Gasteiger partial charge in [-0.1, -0.05) is 5.16 Å². The molecule has 2 heterocycles. The molecule has 0 spiro atoms. The molecule has 1 atom stereocenters. The zero-order chi connectivity index (χ0) is 11.4. The van der Waals surface area contributed by atoms with Gasteiger partial charge in [0.2, 0.25) is 0 Å². The van der Waals surface area contributed by atoms with Crippen LogP contribution in [0.5, 0.6) is 0 Å². The van der Waals surface area contributed by atoms with E-state index in [4.69, 9.17) is 4.52 Å². The van der Waals surface area contributed by atoms with Gasteiger partial charge in [-0.25, -0.2) is 0 Å². The third-order valence-corrected chi connectivity index (χ3v) is 3.14. The molecule has 90 valence electrons. The van der Waals surface area contributed by atoms with Crippen LogP contribution in [-0.4, -0.2) is 36.7 Å². The molecule has 1 aromatic heterocycles. The lowest BCUT2D eigenvalue weighted by atomic mass is 9.98. The zero-order valence-electron chi connectivity index (χ0n) is 10.2. The summed E-state index contributed by atoms with van der Waals surface area (Å²) in [7, 11) is 2.20. The largest absolute Gasteiger partial charge is 0.361 e. The predicted octanol–water partition coefficient (Wildman–Crippen LogP) is 1.41. The first-order chi connectivity index (χ1) is 7.74. The molecule has 0 saturated carbocycles. The van der Waals surface area contributed by atoms with Crippen molar-refractivity contribution in [1.29, 1.82) is 0 Å². The monoisotopic (exact) mass is 223 g/mol. The highest BCUT2D eigenvalue weighted by Gasteiger charge is 2.16. The van der Waals surface area contributed by atoms with Gasteiger partial charge in [-0.15, -0.1) is 0 Å². The Morgan fingerprint density at radius 1 is 1.62 bits per heavy atom. The molecule has 0 aliphatic carbocycles. The normalized spacial score (nSPS) is 22.5. The fraction of sp³-hybridized carbons (Fsp3) is 0.750. The van der Waals surface area contributed by atoms with E-state index in [0.29, 0.717) is 0 Å². The summed E-state index contributed by atoms with van der Waals surface area (Å²) in [6.45, 7) is 6.28. The first-order valence-corrected chi connectivity index (χ1v) is 6.05. The van der Waals surface area contributed by atoms with Gasteiger partial charge in [0.05, 0.1) is 5.69 Å². The maximum atomic E-state index is 5.03. The molecule has 0 amide bonds. The van der Waals surface area contributed by atoms with Crippen LogP contribution in [0, 0.1) is 12.8 Å². The maximum absolute atomic E-state index is 5.03. The van der Waals surface area contributed by atoms with E-state index in [1.807, 2.05) is 13.0 Å². The first-order valence-electron chi connectivity index (χ1n) is 6.05. The second-order valence-corrected chi connectivity index (χ2v) is 4.83. The summed E-state index contributed by atoms with van der Waals surface area (Å²) in [5.74, 6) is 1.67. The van der Waals surface area contributed by atoms with Crippen molar-refractivity contribution in [3.63, 3.8) is 0 Å². The number of nitrogens with zero attached hydrogens (tertiary/aromatic N) is 2. The Morgan fingerprint density at radius 3 is 3.19 bits per heavy atom. The Labute approximate surface area is 97.0 Å². The van der Waals surface area contributed by atoms with Crippen LogP contribution in [-0.2, 0) is 6.54 Å². The maximum Gasteiger partial charge on any atom is 0.133 e. The number of aromatic nitrogens is 1. The van der Waals surface area contributed by atoms with Gasteiger partial charge in [0.25, 0.3) is 0 Å². The molecular formula is C12H21N3O. The van der Waals surface area contributed by atoms with Gasteiger partial charge in [-0.3, -0.25) is 0 Å². The average Bonchev–Trinajstić information content (AvgIpc) is 2.64. The number of hydrogen-bond donors (Lipinski definition) is 1. The predicted molar refractivity (Wildman–Crippen MR) is 63.2 cm³/mol. The van der Waals surface area contributed by atoms with Crippen LogP contribution in [0.1, 0.15) is 24.3 Å². The van der Waals surface area contributed by atoms with Crippen molar-refractivity contribution in [2.75, 3.05) is 26.7 Å². The van der Waals surface area contributed by atoms with Crippen LogP contribution in [0.25, 0.3) is 0 Å². The average molecular weight is 223 g/mol. The summed E-state index contributed by atoms with van der Waals surface area (Å²) in [6, 6.07) is 1.99. The van der Waals surface area contributed by atoms with E-state index in [1.165, 1.54) is 25.9 Å². The molecule has 0 radical (unpaired) electrons. The van der Waals surface area contributed by atoms with E-state index in [-0.39, 0.29) is 0 Å². The SMILES string of the molecule is Cc1cc(CNCC2CCCN(C)C2)no1.